The van der Waals surface area contributed by atoms with Gasteiger partial charge in [-0.05, 0) is 42.4 Å². The van der Waals surface area contributed by atoms with Gasteiger partial charge in [0, 0.05) is 13.1 Å². The molecule has 1 aromatic carbocycles. The van der Waals surface area contributed by atoms with Crippen LogP contribution in [-0.2, 0) is 4.79 Å². The predicted octanol–water partition coefficient (Wildman–Crippen LogP) is 0.291. The average molecular weight is 350 g/mol. The molecule has 1 aliphatic carbocycles. The number of carbonyl (C=O) groups excluding carboxylic acids is 1. The average Bonchev–Trinajstić information content (AvgIpc) is 2.96. The molecule has 8 heteroatoms. The molecule has 25 heavy (non-hydrogen) atoms. The minimum atomic E-state index is -1.22. The zero-order valence-electron chi connectivity index (χ0n) is 13.6. The highest BCUT2D eigenvalue weighted by atomic mass is 16.4. The fourth-order valence-corrected chi connectivity index (χ4v) is 3.74. The molecule has 5 atom stereocenters. The van der Waals surface area contributed by atoms with E-state index in [2.05, 4.69) is 5.32 Å². The van der Waals surface area contributed by atoms with E-state index < -0.39 is 30.3 Å². The van der Waals surface area contributed by atoms with E-state index in [0.717, 1.165) is 0 Å². The molecular formula is C17H22N2O6. The van der Waals surface area contributed by atoms with Crippen LogP contribution in [0.2, 0.25) is 0 Å². The number of amides is 2. The molecule has 136 valence electrons. The molecule has 3 rings (SSSR count). The van der Waals surface area contributed by atoms with Gasteiger partial charge in [-0.3, -0.25) is 0 Å². The lowest BCUT2D eigenvalue weighted by atomic mass is 9.79. The Bertz CT molecular complexity index is 631. The van der Waals surface area contributed by atoms with Crippen LogP contribution < -0.4 is 5.32 Å². The summed E-state index contributed by atoms with van der Waals surface area (Å²) in [5.41, 5.74) is 0.362. The molecular weight excluding hydrogens is 328 g/mol. The lowest BCUT2D eigenvalue weighted by Crippen LogP contribution is -2.43. The number of phenols is 1. The number of nitrogens with zero attached hydrogens (tertiary/aromatic N) is 1. The minimum absolute atomic E-state index is 0.0138. The number of benzene rings is 1. The first-order valence-electron chi connectivity index (χ1n) is 8.28. The predicted molar refractivity (Wildman–Crippen MR) is 86.8 cm³/mol. The summed E-state index contributed by atoms with van der Waals surface area (Å²) in [4.78, 5) is 25.5. The Hall–Kier alpha value is -2.32. The zero-order valence-corrected chi connectivity index (χ0v) is 13.6. The van der Waals surface area contributed by atoms with Gasteiger partial charge in [0.15, 0.2) is 6.04 Å². The number of likely N-dealkylation sites (tertiary alicyclic amines) is 1. The molecule has 0 bridgehead atoms. The number of hydrogen-bond donors (Lipinski definition) is 5. The van der Waals surface area contributed by atoms with Gasteiger partial charge in [0.2, 0.25) is 0 Å². The van der Waals surface area contributed by atoms with Crippen LogP contribution in [0.5, 0.6) is 5.75 Å². The number of hydrogen-bond acceptors (Lipinski definition) is 5. The lowest BCUT2D eigenvalue weighted by molar-refractivity contribution is -0.139. The van der Waals surface area contributed by atoms with Gasteiger partial charge in [0.1, 0.15) is 5.75 Å². The van der Waals surface area contributed by atoms with Crippen LogP contribution in [0.4, 0.5) is 4.79 Å². The van der Waals surface area contributed by atoms with Crippen LogP contribution in [0.25, 0.3) is 0 Å². The summed E-state index contributed by atoms with van der Waals surface area (Å²) in [7, 11) is 0. The lowest BCUT2D eigenvalue weighted by Gasteiger charge is -2.31. The molecule has 1 saturated heterocycles. The van der Waals surface area contributed by atoms with E-state index in [1.54, 1.807) is 0 Å². The van der Waals surface area contributed by atoms with Gasteiger partial charge >= 0.3 is 12.0 Å². The Balaban J connectivity index is 1.66. The summed E-state index contributed by atoms with van der Waals surface area (Å²) < 4.78 is 0. The fraction of sp³-hybridized carbons (Fsp3) is 0.529. The summed E-state index contributed by atoms with van der Waals surface area (Å²) in [6.45, 7) is 0.865. The second-order valence-electron chi connectivity index (χ2n) is 6.84. The van der Waals surface area contributed by atoms with Gasteiger partial charge in [-0.25, -0.2) is 9.59 Å². The standard InChI is InChI=1S/C17H22N2O6/c20-12-3-1-9(2-4-12)15(16(23)24)18-17(25)19-7-10-5-13(21)14(22)6-11(10)8-19/h1-4,10-11,13-15,20-22H,5-8H2,(H,18,25)(H,23,24)/t10-,11+,13+,14-,15-/m1/s1. The van der Waals surface area contributed by atoms with E-state index >= 15 is 0 Å². The highest BCUT2D eigenvalue weighted by molar-refractivity contribution is 5.83. The van der Waals surface area contributed by atoms with Crippen molar-refractivity contribution in [2.45, 2.75) is 31.1 Å². The van der Waals surface area contributed by atoms with E-state index in [1.807, 2.05) is 0 Å². The van der Waals surface area contributed by atoms with E-state index in [9.17, 15) is 30.0 Å². The molecule has 0 radical (unpaired) electrons. The summed E-state index contributed by atoms with van der Waals surface area (Å²) in [6.07, 6.45) is -0.660. The molecule has 1 aliphatic heterocycles. The van der Waals surface area contributed by atoms with Crippen molar-refractivity contribution in [3.8, 4) is 5.75 Å². The maximum atomic E-state index is 12.5. The van der Waals surface area contributed by atoms with Crippen molar-refractivity contribution < 1.29 is 30.0 Å². The van der Waals surface area contributed by atoms with Crippen molar-refractivity contribution in [1.82, 2.24) is 10.2 Å². The van der Waals surface area contributed by atoms with Gasteiger partial charge < -0.3 is 30.6 Å². The number of nitrogens with one attached hydrogen (secondary N) is 1. The number of carboxylic acid groups (broad SMARTS) is 1. The second kappa shape index (κ2) is 6.89. The first-order valence-corrected chi connectivity index (χ1v) is 8.28. The Morgan fingerprint density at radius 2 is 1.56 bits per heavy atom. The third-order valence-corrected chi connectivity index (χ3v) is 5.14. The molecule has 0 aromatic heterocycles. The number of aliphatic carboxylic acids is 1. The van der Waals surface area contributed by atoms with Gasteiger partial charge in [0.05, 0.1) is 12.2 Å². The van der Waals surface area contributed by atoms with Crippen molar-refractivity contribution >= 4 is 12.0 Å². The Kier molecular flexibility index (Phi) is 4.82. The van der Waals surface area contributed by atoms with Gasteiger partial charge in [-0.2, -0.15) is 0 Å². The minimum Gasteiger partial charge on any atom is -0.508 e. The van der Waals surface area contributed by atoms with Gasteiger partial charge in [-0.1, -0.05) is 12.1 Å². The number of phenolic OH excluding ortho intramolecular Hbond substituents is 1. The number of aliphatic hydroxyl groups excluding tert-OH is 2. The fourth-order valence-electron chi connectivity index (χ4n) is 3.74. The van der Waals surface area contributed by atoms with Crippen LogP contribution in [0.3, 0.4) is 0 Å². The summed E-state index contributed by atoms with van der Waals surface area (Å²) in [6, 6.07) is 3.93. The Morgan fingerprint density at radius 3 is 2.04 bits per heavy atom. The Morgan fingerprint density at radius 1 is 1.04 bits per heavy atom. The van der Waals surface area contributed by atoms with Crippen LogP contribution >= 0.6 is 0 Å². The van der Waals surface area contributed by atoms with Crippen molar-refractivity contribution in [2.75, 3.05) is 13.1 Å². The van der Waals surface area contributed by atoms with Crippen molar-refractivity contribution in [3.05, 3.63) is 29.8 Å². The smallest absolute Gasteiger partial charge is 0.330 e. The maximum Gasteiger partial charge on any atom is 0.330 e. The third-order valence-electron chi connectivity index (χ3n) is 5.14. The van der Waals surface area contributed by atoms with Crippen molar-refractivity contribution in [3.63, 3.8) is 0 Å². The van der Waals surface area contributed by atoms with Crippen LogP contribution in [0.15, 0.2) is 24.3 Å². The molecule has 8 nitrogen and oxygen atoms in total. The number of aromatic hydroxyl groups is 1. The Labute approximate surface area is 144 Å². The number of aliphatic hydroxyl groups is 2. The summed E-state index contributed by atoms with van der Waals surface area (Å²) >= 11 is 0. The highest BCUT2D eigenvalue weighted by Gasteiger charge is 2.43. The van der Waals surface area contributed by atoms with E-state index in [4.69, 9.17) is 0 Å². The van der Waals surface area contributed by atoms with Crippen molar-refractivity contribution in [1.29, 1.82) is 0 Å². The molecule has 2 amide bonds. The van der Waals surface area contributed by atoms with Crippen LogP contribution in [-0.4, -0.2) is 62.6 Å². The summed E-state index contributed by atoms with van der Waals surface area (Å²) in [5.74, 6) is -0.955. The number of carbonyl (C=O) groups is 2. The van der Waals surface area contributed by atoms with Crippen LogP contribution in [0, 0.1) is 11.8 Å². The normalized spacial score (nSPS) is 29.8. The third kappa shape index (κ3) is 3.69. The van der Waals surface area contributed by atoms with E-state index in [0.29, 0.717) is 31.5 Å². The molecule has 5 N–H and O–H groups in total. The zero-order chi connectivity index (χ0) is 18.1. The summed E-state index contributed by atoms with van der Waals surface area (Å²) in [5, 5.41) is 40.8. The molecule has 1 heterocycles. The SMILES string of the molecule is O=C(O)[C@H](NC(=O)N1C[C@H]2C[C@H](O)[C@H](O)C[C@H]2C1)c1ccc(O)cc1. The maximum absolute atomic E-state index is 12.5. The van der Waals surface area contributed by atoms with Gasteiger partial charge in [0.25, 0.3) is 0 Å². The van der Waals surface area contributed by atoms with Gasteiger partial charge in [-0.15, -0.1) is 0 Å². The monoisotopic (exact) mass is 350 g/mol. The topological polar surface area (TPSA) is 130 Å². The number of fused-ring (bicyclic) bond motifs is 1. The molecule has 2 aliphatic rings. The molecule has 0 unspecified atom stereocenters. The van der Waals surface area contributed by atoms with Crippen molar-refractivity contribution in [2.24, 2.45) is 11.8 Å². The van der Waals surface area contributed by atoms with Crippen LogP contribution in [0.1, 0.15) is 24.4 Å². The highest BCUT2D eigenvalue weighted by Crippen LogP contribution is 2.36. The quantitative estimate of drug-likeness (QED) is 0.533. The first kappa shape index (κ1) is 17.5. The first-order chi connectivity index (χ1) is 11.8. The molecule has 2 fully saturated rings. The molecule has 1 saturated carbocycles. The van der Waals surface area contributed by atoms with E-state index in [1.165, 1.54) is 29.2 Å². The molecule has 0 spiro atoms. The largest absolute Gasteiger partial charge is 0.508 e. The number of carboxylic acids is 1. The number of rotatable bonds is 3. The molecule has 1 aromatic rings. The number of urea groups is 1. The second-order valence-corrected chi connectivity index (χ2v) is 6.84. The van der Waals surface area contributed by atoms with E-state index in [-0.39, 0.29) is 17.6 Å².